The van der Waals surface area contributed by atoms with E-state index in [0.29, 0.717) is 17.4 Å². The fourth-order valence-electron chi connectivity index (χ4n) is 3.00. The third-order valence-electron chi connectivity index (χ3n) is 4.60. The average molecular weight is 275 g/mol. The first kappa shape index (κ1) is 17.2. The molecule has 1 N–H and O–H groups in total. The molecule has 0 amide bonds. The minimum Gasteiger partial charge on any atom is -0.310 e. The van der Waals surface area contributed by atoms with Crippen LogP contribution in [-0.4, -0.2) is 6.54 Å². The summed E-state index contributed by atoms with van der Waals surface area (Å²) in [6.07, 6.45) is 1.20. The Bertz CT molecular complexity index is 417. The molecule has 1 aromatic carbocycles. The van der Waals surface area contributed by atoms with Crippen LogP contribution in [0.25, 0.3) is 0 Å². The molecule has 0 aliphatic rings. The Morgan fingerprint density at radius 2 is 1.55 bits per heavy atom. The highest BCUT2D eigenvalue weighted by atomic mass is 14.9. The summed E-state index contributed by atoms with van der Waals surface area (Å²) in [6.45, 7) is 19.3. The van der Waals surface area contributed by atoms with Gasteiger partial charge in [0, 0.05) is 6.04 Å². The number of hydrogen-bond donors (Lipinski definition) is 1. The monoisotopic (exact) mass is 275 g/mol. The molecule has 114 valence electrons. The smallest absolute Gasteiger partial charge is 0.0328 e. The van der Waals surface area contributed by atoms with Crippen molar-refractivity contribution in [3.8, 4) is 0 Å². The van der Waals surface area contributed by atoms with Crippen LogP contribution in [0, 0.1) is 32.1 Å². The largest absolute Gasteiger partial charge is 0.310 e. The van der Waals surface area contributed by atoms with Gasteiger partial charge in [-0.2, -0.15) is 0 Å². The van der Waals surface area contributed by atoms with Crippen molar-refractivity contribution in [2.24, 2.45) is 11.3 Å². The molecular formula is C19H33N. The van der Waals surface area contributed by atoms with Crippen LogP contribution < -0.4 is 5.32 Å². The molecule has 1 heteroatoms. The van der Waals surface area contributed by atoms with Crippen molar-refractivity contribution in [3.05, 3.63) is 34.4 Å². The number of nitrogens with one attached hydrogen (secondary N) is 1. The number of hydrogen-bond acceptors (Lipinski definition) is 1. The van der Waals surface area contributed by atoms with Crippen molar-refractivity contribution in [1.29, 1.82) is 0 Å². The Kier molecular flexibility index (Phi) is 5.82. The zero-order valence-electron chi connectivity index (χ0n) is 14.7. The van der Waals surface area contributed by atoms with Crippen molar-refractivity contribution in [2.45, 2.75) is 67.9 Å². The molecule has 0 heterocycles. The maximum atomic E-state index is 3.70. The van der Waals surface area contributed by atoms with E-state index in [4.69, 9.17) is 0 Å². The molecule has 2 unspecified atom stereocenters. The Morgan fingerprint density at radius 3 is 1.95 bits per heavy atom. The second-order valence-corrected chi connectivity index (χ2v) is 7.43. The maximum absolute atomic E-state index is 3.70. The van der Waals surface area contributed by atoms with E-state index in [-0.39, 0.29) is 0 Å². The summed E-state index contributed by atoms with van der Waals surface area (Å²) in [5, 5.41) is 3.70. The van der Waals surface area contributed by atoms with Crippen LogP contribution in [0.2, 0.25) is 0 Å². The molecule has 1 aromatic rings. The summed E-state index contributed by atoms with van der Waals surface area (Å²) in [4.78, 5) is 0. The van der Waals surface area contributed by atoms with E-state index in [1.54, 1.807) is 0 Å². The summed E-state index contributed by atoms with van der Waals surface area (Å²) in [5.41, 5.74) is 6.08. The summed E-state index contributed by atoms with van der Waals surface area (Å²) in [6, 6.07) is 5.10. The fourth-order valence-corrected chi connectivity index (χ4v) is 3.00. The van der Waals surface area contributed by atoms with E-state index in [1.165, 1.54) is 28.7 Å². The lowest BCUT2D eigenvalue weighted by molar-refractivity contribution is 0.223. The first-order valence-electron chi connectivity index (χ1n) is 7.98. The molecule has 0 saturated carbocycles. The first-order chi connectivity index (χ1) is 9.16. The van der Waals surface area contributed by atoms with Gasteiger partial charge in [0.25, 0.3) is 0 Å². The molecule has 0 aliphatic carbocycles. The lowest BCUT2D eigenvalue weighted by atomic mass is 9.76. The van der Waals surface area contributed by atoms with Crippen LogP contribution in [0.15, 0.2) is 12.1 Å². The Morgan fingerprint density at radius 1 is 1.05 bits per heavy atom. The number of benzene rings is 1. The highest BCUT2D eigenvalue weighted by Crippen LogP contribution is 2.35. The molecular weight excluding hydrogens is 242 g/mol. The van der Waals surface area contributed by atoms with Gasteiger partial charge in [-0.15, -0.1) is 0 Å². The molecule has 0 radical (unpaired) electrons. The summed E-state index contributed by atoms with van der Waals surface area (Å²) in [5.74, 6) is 0.687. The minimum absolute atomic E-state index is 0.361. The molecule has 20 heavy (non-hydrogen) atoms. The van der Waals surface area contributed by atoms with Crippen LogP contribution in [-0.2, 0) is 0 Å². The van der Waals surface area contributed by atoms with Crippen LogP contribution in [0.5, 0.6) is 0 Å². The van der Waals surface area contributed by atoms with Crippen LogP contribution in [0.3, 0.4) is 0 Å². The summed E-state index contributed by atoms with van der Waals surface area (Å²) in [7, 11) is 0. The quantitative estimate of drug-likeness (QED) is 0.765. The fraction of sp³-hybridized carbons (Fsp3) is 0.684. The highest BCUT2D eigenvalue weighted by Gasteiger charge is 2.25. The normalized spacial score (nSPS) is 15.2. The molecule has 2 atom stereocenters. The molecule has 1 rings (SSSR count). The molecule has 0 saturated heterocycles. The van der Waals surface area contributed by atoms with Crippen molar-refractivity contribution in [3.63, 3.8) is 0 Å². The van der Waals surface area contributed by atoms with Crippen molar-refractivity contribution < 1.29 is 0 Å². The van der Waals surface area contributed by atoms with Gasteiger partial charge in [0.2, 0.25) is 0 Å². The van der Waals surface area contributed by atoms with E-state index in [9.17, 15) is 0 Å². The third-order valence-corrected chi connectivity index (χ3v) is 4.60. The van der Waals surface area contributed by atoms with Crippen molar-refractivity contribution >= 4 is 0 Å². The van der Waals surface area contributed by atoms with Crippen molar-refractivity contribution in [1.82, 2.24) is 5.32 Å². The van der Waals surface area contributed by atoms with Gasteiger partial charge in [-0.3, -0.25) is 0 Å². The van der Waals surface area contributed by atoms with E-state index < -0.39 is 0 Å². The van der Waals surface area contributed by atoms with Gasteiger partial charge < -0.3 is 5.32 Å². The minimum atomic E-state index is 0.361. The standard InChI is InChI=1S/C19H33N/c1-9-20-17(12-16(5)19(6,7)8)18-14(3)10-13(2)11-15(18)4/h10-11,16-17,20H,9,12H2,1-8H3. The van der Waals surface area contributed by atoms with Gasteiger partial charge >= 0.3 is 0 Å². The van der Waals surface area contributed by atoms with Gasteiger partial charge in [0.05, 0.1) is 0 Å². The highest BCUT2D eigenvalue weighted by molar-refractivity contribution is 5.39. The third kappa shape index (κ3) is 4.34. The number of rotatable bonds is 5. The first-order valence-corrected chi connectivity index (χ1v) is 7.98. The lowest BCUT2D eigenvalue weighted by Gasteiger charge is -2.32. The zero-order valence-corrected chi connectivity index (χ0v) is 14.7. The van der Waals surface area contributed by atoms with E-state index in [0.717, 1.165) is 6.54 Å². The molecule has 1 nitrogen and oxygen atoms in total. The van der Waals surface area contributed by atoms with Gasteiger partial charge in [-0.25, -0.2) is 0 Å². The predicted molar refractivity (Wildman–Crippen MR) is 90.3 cm³/mol. The van der Waals surface area contributed by atoms with Crippen molar-refractivity contribution in [2.75, 3.05) is 6.54 Å². The van der Waals surface area contributed by atoms with Gasteiger partial charge in [0.1, 0.15) is 0 Å². The van der Waals surface area contributed by atoms with Crippen LogP contribution in [0.4, 0.5) is 0 Å². The van der Waals surface area contributed by atoms with Gasteiger partial charge in [-0.1, -0.05) is 52.3 Å². The van der Waals surface area contributed by atoms with E-state index in [1.807, 2.05) is 0 Å². The summed E-state index contributed by atoms with van der Waals surface area (Å²) < 4.78 is 0. The average Bonchev–Trinajstić information content (AvgIpc) is 2.26. The summed E-state index contributed by atoms with van der Waals surface area (Å²) >= 11 is 0. The molecule has 0 fully saturated rings. The lowest BCUT2D eigenvalue weighted by Crippen LogP contribution is -2.28. The molecule has 0 aliphatic heterocycles. The maximum Gasteiger partial charge on any atom is 0.0328 e. The second-order valence-electron chi connectivity index (χ2n) is 7.43. The number of aryl methyl sites for hydroxylation is 3. The topological polar surface area (TPSA) is 12.0 Å². The van der Waals surface area contributed by atoms with Crippen LogP contribution >= 0.6 is 0 Å². The second kappa shape index (κ2) is 6.76. The zero-order chi connectivity index (χ0) is 15.5. The molecule has 0 aromatic heterocycles. The van der Waals surface area contributed by atoms with E-state index in [2.05, 4.69) is 72.8 Å². The molecule has 0 spiro atoms. The van der Waals surface area contributed by atoms with Gasteiger partial charge in [-0.05, 0) is 61.8 Å². The van der Waals surface area contributed by atoms with E-state index >= 15 is 0 Å². The Hall–Kier alpha value is -0.820. The SMILES string of the molecule is CCNC(CC(C)C(C)(C)C)c1c(C)cc(C)cc1C. The molecule has 0 bridgehead atoms. The Labute approximate surface area is 126 Å². The van der Waals surface area contributed by atoms with Crippen LogP contribution in [0.1, 0.15) is 69.3 Å². The Balaban J connectivity index is 3.09. The van der Waals surface area contributed by atoms with Gasteiger partial charge in [0.15, 0.2) is 0 Å². The predicted octanol–water partition coefficient (Wildman–Crippen LogP) is 5.33.